The van der Waals surface area contributed by atoms with E-state index in [1.165, 1.54) is 0 Å². The molecule has 6 nitrogen and oxygen atoms in total. The van der Waals surface area contributed by atoms with E-state index >= 15 is 0 Å². The van der Waals surface area contributed by atoms with E-state index in [0.29, 0.717) is 19.0 Å². The molecule has 0 aliphatic rings. The lowest BCUT2D eigenvalue weighted by Gasteiger charge is -2.07. The van der Waals surface area contributed by atoms with Crippen molar-refractivity contribution in [1.82, 2.24) is 10.2 Å². The topological polar surface area (TPSA) is 76.2 Å². The van der Waals surface area contributed by atoms with E-state index in [-0.39, 0.29) is 12.5 Å². The predicted molar refractivity (Wildman–Crippen MR) is 117 cm³/mol. The number of aromatic nitrogens is 2. The lowest BCUT2D eigenvalue weighted by atomic mass is 10.0. The van der Waals surface area contributed by atoms with Gasteiger partial charge in [0.1, 0.15) is 12.4 Å². The summed E-state index contributed by atoms with van der Waals surface area (Å²) in [7, 11) is 0. The Kier molecular flexibility index (Phi) is 6.06. The van der Waals surface area contributed by atoms with Crippen LogP contribution in [0.25, 0.3) is 22.0 Å². The fourth-order valence-corrected chi connectivity index (χ4v) is 3.23. The summed E-state index contributed by atoms with van der Waals surface area (Å²) < 4.78 is 11.1. The molecule has 30 heavy (non-hydrogen) atoms. The number of anilines is 1. The molecule has 1 heterocycles. The Bertz CT molecular complexity index is 1140. The molecule has 0 aliphatic heterocycles. The molecule has 0 radical (unpaired) electrons. The van der Waals surface area contributed by atoms with Crippen LogP contribution in [0.4, 0.5) is 5.82 Å². The standard InChI is InChI=1S/C24H23N3O3/c1-2-30-20-10-6-9-18(13-20)19-11-12-21-22(14-19)26-27-24(21)25-23(28)16-29-15-17-7-4-3-5-8-17/h3-14H,2,15-16H2,1H3,(H2,25,26,27,28). The van der Waals surface area contributed by atoms with Crippen LogP contribution in [0.3, 0.4) is 0 Å². The smallest absolute Gasteiger partial charge is 0.251 e. The van der Waals surface area contributed by atoms with E-state index in [4.69, 9.17) is 9.47 Å². The number of nitrogens with zero attached hydrogens (tertiary/aromatic N) is 1. The molecule has 1 aromatic heterocycles. The van der Waals surface area contributed by atoms with E-state index in [0.717, 1.165) is 33.3 Å². The number of fused-ring (bicyclic) bond motifs is 1. The summed E-state index contributed by atoms with van der Waals surface area (Å²) in [5, 5.41) is 10.9. The molecule has 4 rings (SSSR count). The minimum Gasteiger partial charge on any atom is -0.494 e. The zero-order valence-electron chi connectivity index (χ0n) is 16.7. The average molecular weight is 401 g/mol. The Morgan fingerprint density at radius 3 is 2.67 bits per heavy atom. The Morgan fingerprint density at radius 1 is 1.00 bits per heavy atom. The van der Waals surface area contributed by atoms with Crippen molar-refractivity contribution in [2.24, 2.45) is 0 Å². The van der Waals surface area contributed by atoms with Gasteiger partial charge in [-0.15, -0.1) is 0 Å². The summed E-state index contributed by atoms with van der Waals surface area (Å²) in [4.78, 5) is 12.2. The molecule has 0 atom stereocenters. The molecule has 0 spiro atoms. The number of ether oxygens (including phenoxy) is 2. The molecular formula is C24H23N3O3. The molecule has 6 heteroatoms. The third-order valence-electron chi connectivity index (χ3n) is 4.64. The van der Waals surface area contributed by atoms with Gasteiger partial charge in [0.25, 0.3) is 5.91 Å². The molecule has 3 aromatic carbocycles. The quantitative estimate of drug-likeness (QED) is 0.445. The zero-order chi connectivity index (χ0) is 20.8. The van der Waals surface area contributed by atoms with E-state index in [2.05, 4.69) is 15.5 Å². The zero-order valence-corrected chi connectivity index (χ0v) is 16.7. The Labute approximate surface area is 174 Å². The van der Waals surface area contributed by atoms with Gasteiger partial charge in [0, 0.05) is 5.39 Å². The number of aromatic amines is 1. The lowest BCUT2D eigenvalue weighted by molar-refractivity contribution is -0.121. The number of hydrogen-bond donors (Lipinski definition) is 2. The molecule has 0 unspecified atom stereocenters. The first-order chi connectivity index (χ1) is 14.7. The molecular weight excluding hydrogens is 378 g/mol. The largest absolute Gasteiger partial charge is 0.494 e. The molecule has 152 valence electrons. The van der Waals surface area contributed by atoms with E-state index in [1.54, 1.807) is 0 Å². The monoisotopic (exact) mass is 401 g/mol. The maximum absolute atomic E-state index is 12.2. The highest BCUT2D eigenvalue weighted by atomic mass is 16.5. The third-order valence-corrected chi connectivity index (χ3v) is 4.64. The maximum Gasteiger partial charge on any atom is 0.251 e. The first-order valence-electron chi connectivity index (χ1n) is 9.86. The van der Waals surface area contributed by atoms with Crippen molar-refractivity contribution in [3.63, 3.8) is 0 Å². The van der Waals surface area contributed by atoms with Crippen molar-refractivity contribution >= 4 is 22.6 Å². The first kappa shape index (κ1) is 19.7. The van der Waals surface area contributed by atoms with Gasteiger partial charge in [-0.1, -0.05) is 48.5 Å². The Morgan fingerprint density at radius 2 is 1.83 bits per heavy atom. The minimum absolute atomic E-state index is 0.0362. The van der Waals surface area contributed by atoms with Gasteiger partial charge in [-0.3, -0.25) is 9.89 Å². The van der Waals surface area contributed by atoms with Crippen LogP contribution in [0.15, 0.2) is 72.8 Å². The second kappa shape index (κ2) is 9.24. The van der Waals surface area contributed by atoms with Crippen LogP contribution in [0.2, 0.25) is 0 Å². The van der Waals surface area contributed by atoms with Crippen LogP contribution < -0.4 is 10.1 Å². The summed E-state index contributed by atoms with van der Waals surface area (Å²) in [6, 6.07) is 23.7. The summed E-state index contributed by atoms with van der Waals surface area (Å²) >= 11 is 0. The van der Waals surface area contributed by atoms with Crippen LogP contribution in [-0.2, 0) is 16.1 Å². The highest BCUT2D eigenvalue weighted by Crippen LogP contribution is 2.29. The summed E-state index contributed by atoms with van der Waals surface area (Å²) in [5.74, 6) is 1.09. The van der Waals surface area contributed by atoms with E-state index < -0.39 is 0 Å². The van der Waals surface area contributed by atoms with E-state index in [9.17, 15) is 4.79 Å². The van der Waals surface area contributed by atoms with Crippen molar-refractivity contribution in [2.75, 3.05) is 18.5 Å². The van der Waals surface area contributed by atoms with Gasteiger partial charge >= 0.3 is 0 Å². The molecule has 1 amide bonds. The van der Waals surface area contributed by atoms with Crippen molar-refractivity contribution in [3.05, 3.63) is 78.4 Å². The van der Waals surface area contributed by atoms with Gasteiger partial charge in [0.15, 0.2) is 5.82 Å². The van der Waals surface area contributed by atoms with Gasteiger partial charge in [-0.05, 0) is 47.9 Å². The maximum atomic E-state index is 12.2. The second-order valence-corrected chi connectivity index (χ2v) is 6.82. The van der Waals surface area contributed by atoms with E-state index in [1.807, 2.05) is 79.7 Å². The fourth-order valence-electron chi connectivity index (χ4n) is 3.23. The SMILES string of the molecule is CCOc1cccc(-c2ccc3c(NC(=O)COCc4ccccc4)n[nH]c3c2)c1. The number of amides is 1. The highest BCUT2D eigenvalue weighted by molar-refractivity contribution is 6.01. The number of carbonyl (C=O) groups excluding carboxylic acids is 1. The number of nitrogens with one attached hydrogen (secondary N) is 2. The molecule has 0 fully saturated rings. The number of H-pyrrole nitrogens is 1. The van der Waals surface area contributed by atoms with Gasteiger partial charge < -0.3 is 14.8 Å². The third kappa shape index (κ3) is 4.67. The van der Waals surface area contributed by atoms with Gasteiger partial charge in [-0.2, -0.15) is 5.10 Å². The molecule has 0 saturated carbocycles. The average Bonchev–Trinajstić information content (AvgIpc) is 3.17. The molecule has 2 N–H and O–H groups in total. The van der Waals surface area contributed by atoms with Crippen LogP contribution in [-0.4, -0.2) is 29.3 Å². The second-order valence-electron chi connectivity index (χ2n) is 6.82. The summed E-state index contributed by atoms with van der Waals surface area (Å²) in [6.45, 7) is 2.94. The van der Waals surface area contributed by atoms with Crippen molar-refractivity contribution in [3.8, 4) is 16.9 Å². The van der Waals surface area contributed by atoms with Crippen LogP contribution in [0, 0.1) is 0 Å². The van der Waals surface area contributed by atoms with Gasteiger partial charge in [0.2, 0.25) is 0 Å². The van der Waals surface area contributed by atoms with Gasteiger partial charge in [-0.25, -0.2) is 0 Å². The molecule has 0 bridgehead atoms. The van der Waals surface area contributed by atoms with Crippen LogP contribution >= 0.6 is 0 Å². The first-order valence-corrected chi connectivity index (χ1v) is 9.86. The van der Waals surface area contributed by atoms with Crippen LogP contribution in [0.1, 0.15) is 12.5 Å². The number of benzene rings is 3. The van der Waals surface area contributed by atoms with Gasteiger partial charge in [0.05, 0.1) is 18.7 Å². The fraction of sp³-hybridized carbons (Fsp3) is 0.167. The van der Waals surface area contributed by atoms with Crippen molar-refractivity contribution in [1.29, 1.82) is 0 Å². The van der Waals surface area contributed by atoms with Crippen molar-refractivity contribution in [2.45, 2.75) is 13.5 Å². The molecule has 0 aliphatic carbocycles. The number of hydrogen-bond acceptors (Lipinski definition) is 4. The van der Waals surface area contributed by atoms with Crippen molar-refractivity contribution < 1.29 is 14.3 Å². The number of carbonyl (C=O) groups is 1. The normalized spacial score (nSPS) is 10.8. The number of rotatable bonds is 8. The lowest BCUT2D eigenvalue weighted by Crippen LogP contribution is -2.18. The predicted octanol–water partition coefficient (Wildman–Crippen LogP) is 4.78. The summed E-state index contributed by atoms with van der Waals surface area (Å²) in [6.07, 6.45) is 0. The Balaban J connectivity index is 1.42. The molecule has 0 saturated heterocycles. The molecule has 4 aromatic rings. The highest BCUT2D eigenvalue weighted by Gasteiger charge is 2.11. The summed E-state index contributed by atoms with van der Waals surface area (Å²) in [5.41, 5.74) is 3.96. The minimum atomic E-state index is -0.243. The van der Waals surface area contributed by atoms with Crippen LogP contribution in [0.5, 0.6) is 5.75 Å². The Hall–Kier alpha value is -3.64.